The Bertz CT molecular complexity index is 487. The van der Waals surface area contributed by atoms with Crippen LogP contribution in [0.15, 0.2) is 48.5 Å². The highest BCUT2D eigenvalue weighted by Crippen LogP contribution is 2.28. The van der Waals surface area contributed by atoms with Crippen molar-refractivity contribution in [2.75, 3.05) is 5.43 Å². The van der Waals surface area contributed by atoms with E-state index < -0.39 is 0 Å². The third-order valence-electron chi connectivity index (χ3n) is 2.97. The van der Waals surface area contributed by atoms with Gasteiger partial charge in [0.05, 0.1) is 5.69 Å². The molecule has 0 aliphatic heterocycles. The fourth-order valence-corrected chi connectivity index (χ4v) is 1.91. The summed E-state index contributed by atoms with van der Waals surface area (Å²) in [5.41, 5.74) is 7.35. The molecule has 0 spiro atoms. The van der Waals surface area contributed by atoms with Gasteiger partial charge in [0.2, 0.25) is 0 Å². The van der Waals surface area contributed by atoms with E-state index in [9.17, 15) is 0 Å². The minimum atomic E-state index is 0.562. The third-order valence-corrected chi connectivity index (χ3v) is 2.97. The van der Waals surface area contributed by atoms with Crippen molar-refractivity contribution < 1.29 is 0 Å². The van der Waals surface area contributed by atoms with E-state index in [0.717, 1.165) is 11.3 Å². The van der Waals surface area contributed by atoms with Gasteiger partial charge in [0, 0.05) is 5.56 Å². The maximum atomic E-state index is 5.52. The van der Waals surface area contributed by atoms with Crippen LogP contribution >= 0.6 is 0 Å². The second kappa shape index (κ2) is 5.02. The molecular weight excluding hydrogens is 208 g/mol. The Hall–Kier alpha value is -1.80. The van der Waals surface area contributed by atoms with Crippen LogP contribution in [0.1, 0.15) is 25.3 Å². The zero-order chi connectivity index (χ0) is 12.3. The molecule has 2 heteroatoms. The summed E-state index contributed by atoms with van der Waals surface area (Å²) in [6.45, 7) is 4.40. The molecule has 0 saturated heterocycles. The summed E-state index contributed by atoms with van der Waals surface area (Å²) in [6, 6.07) is 16.7. The molecule has 2 rings (SSSR count). The molecule has 0 atom stereocenters. The van der Waals surface area contributed by atoms with Gasteiger partial charge in [-0.05, 0) is 23.1 Å². The lowest BCUT2D eigenvalue weighted by Crippen LogP contribution is -2.07. The SMILES string of the molecule is CC(C)c1ccc(-c2ccccc2NN)cc1. The van der Waals surface area contributed by atoms with Crippen LogP contribution in [0.2, 0.25) is 0 Å². The van der Waals surface area contributed by atoms with Crippen LogP contribution in [0, 0.1) is 0 Å². The Morgan fingerprint density at radius 3 is 2.18 bits per heavy atom. The van der Waals surface area contributed by atoms with Crippen LogP contribution in [0.3, 0.4) is 0 Å². The van der Waals surface area contributed by atoms with Crippen molar-refractivity contribution in [1.29, 1.82) is 0 Å². The smallest absolute Gasteiger partial charge is 0.0563 e. The summed E-state index contributed by atoms with van der Waals surface area (Å²) in [5, 5.41) is 0. The van der Waals surface area contributed by atoms with Crippen LogP contribution in [-0.2, 0) is 0 Å². The Morgan fingerprint density at radius 1 is 0.941 bits per heavy atom. The molecule has 2 aromatic carbocycles. The topological polar surface area (TPSA) is 38.0 Å². The summed E-state index contributed by atoms with van der Waals surface area (Å²) < 4.78 is 0. The van der Waals surface area contributed by atoms with E-state index in [1.807, 2.05) is 18.2 Å². The first-order chi connectivity index (χ1) is 8.22. The molecule has 0 heterocycles. The molecule has 2 nitrogen and oxygen atoms in total. The molecule has 2 aromatic rings. The second-order valence-corrected chi connectivity index (χ2v) is 4.47. The fraction of sp³-hybridized carbons (Fsp3) is 0.200. The van der Waals surface area contributed by atoms with Gasteiger partial charge in [-0.25, -0.2) is 0 Å². The Balaban J connectivity index is 2.40. The molecule has 0 bridgehead atoms. The van der Waals surface area contributed by atoms with E-state index in [1.54, 1.807) is 0 Å². The lowest BCUT2D eigenvalue weighted by molar-refractivity contribution is 0.867. The van der Waals surface area contributed by atoms with Crippen molar-refractivity contribution in [3.8, 4) is 11.1 Å². The van der Waals surface area contributed by atoms with Gasteiger partial charge in [-0.2, -0.15) is 0 Å². The van der Waals surface area contributed by atoms with E-state index in [-0.39, 0.29) is 0 Å². The molecule has 0 fully saturated rings. The molecular formula is C15H18N2. The Kier molecular flexibility index (Phi) is 3.45. The zero-order valence-electron chi connectivity index (χ0n) is 10.3. The maximum Gasteiger partial charge on any atom is 0.0563 e. The van der Waals surface area contributed by atoms with Crippen molar-refractivity contribution in [2.45, 2.75) is 19.8 Å². The average Bonchev–Trinajstić information content (AvgIpc) is 2.39. The van der Waals surface area contributed by atoms with Crippen molar-refractivity contribution in [2.24, 2.45) is 5.84 Å². The zero-order valence-corrected chi connectivity index (χ0v) is 10.3. The summed E-state index contributed by atoms with van der Waals surface area (Å²) in [6.07, 6.45) is 0. The van der Waals surface area contributed by atoms with Gasteiger partial charge in [0.15, 0.2) is 0 Å². The number of rotatable bonds is 3. The lowest BCUT2D eigenvalue weighted by atomic mass is 9.98. The number of benzene rings is 2. The van der Waals surface area contributed by atoms with Gasteiger partial charge in [-0.3, -0.25) is 5.84 Å². The Labute approximate surface area is 102 Å². The van der Waals surface area contributed by atoms with Crippen LogP contribution in [-0.4, -0.2) is 0 Å². The monoisotopic (exact) mass is 226 g/mol. The third kappa shape index (κ3) is 2.48. The lowest BCUT2D eigenvalue weighted by Gasteiger charge is -2.10. The van der Waals surface area contributed by atoms with Crippen molar-refractivity contribution in [1.82, 2.24) is 0 Å². The largest absolute Gasteiger partial charge is 0.324 e. The predicted molar refractivity (Wildman–Crippen MR) is 73.8 cm³/mol. The van der Waals surface area contributed by atoms with Gasteiger partial charge in [0.25, 0.3) is 0 Å². The van der Waals surface area contributed by atoms with Crippen LogP contribution in [0.5, 0.6) is 0 Å². The van der Waals surface area contributed by atoms with Crippen molar-refractivity contribution >= 4 is 5.69 Å². The molecule has 0 aliphatic rings. The van der Waals surface area contributed by atoms with Gasteiger partial charge in [-0.1, -0.05) is 56.3 Å². The van der Waals surface area contributed by atoms with Gasteiger partial charge < -0.3 is 5.43 Å². The minimum absolute atomic E-state index is 0.562. The number of hydrogen-bond donors (Lipinski definition) is 2. The van der Waals surface area contributed by atoms with E-state index in [1.165, 1.54) is 11.1 Å². The average molecular weight is 226 g/mol. The molecule has 0 unspecified atom stereocenters. The van der Waals surface area contributed by atoms with Crippen molar-refractivity contribution in [3.63, 3.8) is 0 Å². The molecule has 0 amide bonds. The van der Waals surface area contributed by atoms with E-state index >= 15 is 0 Å². The molecule has 17 heavy (non-hydrogen) atoms. The minimum Gasteiger partial charge on any atom is -0.324 e. The fourth-order valence-electron chi connectivity index (χ4n) is 1.91. The standard InChI is InChI=1S/C15H18N2/c1-11(2)12-7-9-13(10-8-12)14-5-3-4-6-15(14)17-16/h3-11,17H,16H2,1-2H3. The summed E-state index contributed by atoms with van der Waals surface area (Å²) in [7, 11) is 0. The van der Waals surface area contributed by atoms with Crippen LogP contribution in [0.25, 0.3) is 11.1 Å². The van der Waals surface area contributed by atoms with E-state index in [2.05, 4.69) is 49.6 Å². The van der Waals surface area contributed by atoms with Gasteiger partial charge >= 0.3 is 0 Å². The van der Waals surface area contributed by atoms with Crippen LogP contribution < -0.4 is 11.3 Å². The summed E-state index contributed by atoms with van der Waals surface area (Å²) in [5.74, 6) is 6.08. The number of hydrazine groups is 1. The van der Waals surface area contributed by atoms with E-state index in [4.69, 9.17) is 5.84 Å². The highest BCUT2D eigenvalue weighted by atomic mass is 15.2. The van der Waals surface area contributed by atoms with Gasteiger partial charge in [-0.15, -0.1) is 0 Å². The van der Waals surface area contributed by atoms with E-state index in [0.29, 0.717) is 5.92 Å². The maximum absolute atomic E-state index is 5.52. The molecule has 0 radical (unpaired) electrons. The highest BCUT2D eigenvalue weighted by Gasteiger charge is 2.04. The Morgan fingerprint density at radius 2 is 1.59 bits per heavy atom. The molecule has 0 aliphatic carbocycles. The first kappa shape index (κ1) is 11.7. The molecule has 3 N–H and O–H groups in total. The highest BCUT2D eigenvalue weighted by molar-refractivity contribution is 5.77. The molecule has 0 aromatic heterocycles. The van der Waals surface area contributed by atoms with Crippen LogP contribution in [0.4, 0.5) is 5.69 Å². The molecule has 88 valence electrons. The normalized spacial score (nSPS) is 10.6. The first-order valence-corrected chi connectivity index (χ1v) is 5.88. The molecule has 0 saturated carbocycles. The summed E-state index contributed by atoms with van der Waals surface area (Å²) in [4.78, 5) is 0. The number of para-hydroxylation sites is 1. The summed E-state index contributed by atoms with van der Waals surface area (Å²) >= 11 is 0. The predicted octanol–water partition coefficient (Wildman–Crippen LogP) is 3.76. The number of hydrogen-bond acceptors (Lipinski definition) is 2. The number of nitrogen functional groups attached to an aromatic ring is 1. The number of nitrogens with two attached hydrogens (primary N) is 1. The van der Waals surface area contributed by atoms with Crippen molar-refractivity contribution in [3.05, 3.63) is 54.1 Å². The number of nitrogens with one attached hydrogen (secondary N) is 1. The number of anilines is 1. The first-order valence-electron chi connectivity index (χ1n) is 5.88. The quantitative estimate of drug-likeness (QED) is 0.617. The second-order valence-electron chi connectivity index (χ2n) is 4.47. The van der Waals surface area contributed by atoms with Gasteiger partial charge in [0.1, 0.15) is 0 Å².